The van der Waals surface area contributed by atoms with Gasteiger partial charge < -0.3 is 19.7 Å². The van der Waals surface area contributed by atoms with E-state index in [-0.39, 0.29) is 46.6 Å². The zero-order chi connectivity index (χ0) is 30.1. The van der Waals surface area contributed by atoms with E-state index in [2.05, 4.69) is 10.7 Å². The second kappa shape index (κ2) is 15.4. The van der Waals surface area contributed by atoms with E-state index >= 15 is 0 Å². The Bertz CT molecular complexity index is 1110. The van der Waals surface area contributed by atoms with Crippen LogP contribution in [0.5, 0.6) is 0 Å². The standard InChI is InChI=1S/C26H37N5O8S2/c1-16(39-18(3)32)24-12-27-9-10-30(24)28-25(34)17(2)40-15-22-11-23(41-19(4)33)13-29(22)26(35)38-14-20-5-7-21(8-6-20)31(36)37/h5-8,16-17,22-24,27H,9-15H2,1-4H3,(H,28,34)/t16?,17?,22-,23-,24?/m0/s1. The van der Waals surface area contributed by atoms with Crippen LogP contribution in [0.2, 0.25) is 0 Å². The van der Waals surface area contributed by atoms with E-state index in [0.717, 1.165) is 0 Å². The fourth-order valence-corrected chi connectivity index (χ4v) is 6.76. The lowest BCUT2D eigenvalue weighted by atomic mass is 10.1. The highest BCUT2D eigenvalue weighted by molar-refractivity contribution is 8.14. The number of benzene rings is 1. The molecule has 2 saturated heterocycles. The summed E-state index contributed by atoms with van der Waals surface area (Å²) in [5, 5.41) is 15.4. The Labute approximate surface area is 247 Å². The molecule has 3 unspecified atom stereocenters. The molecule has 2 amide bonds. The first-order valence-electron chi connectivity index (χ1n) is 13.3. The maximum atomic E-state index is 13.1. The number of amides is 2. The van der Waals surface area contributed by atoms with Crippen molar-refractivity contribution in [1.82, 2.24) is 20.7 Å². The Morgan fingerprint density at radius 3 is 2.54 bits per heavy atom. The highest BCUT2D eigenvalue weighted by atomic mass is 32.2. The van der Waals surface area contributed by atoms with Crippen LogP contribution in [0.1, 0.15) is 39.7 Å². The summed E-state index contributed by atoms with van der Waals surface area (Å²) in [4.78, 5) is 61.2. The Kier molecular flexibility index (Phi) is 12.2. The average Bonchev–Trinajstić information content (AvgIpc) is 3.32. The van der Waals surface area contributed by atoms with Gasteiger partial charge in [0.05, 0.1) is 16.2 Å². The van der Waals surface area contributed by atoms with Gasteiger partial charge in [-0.1, -0.05) is 11.8 Å². The molecule has 5 atom stereocenters. The van der Waals surface area contributed by atoms with Crippen LogP contribution in [0, 0.1) is 10.1 Å². The minimum Gasteiger partial charge on any atom is -0.461 e. The number of nitro benzene ring substituents is 1. The van der Waals surface area contributed by atoms with Crippen LogP contribution in [0.25, 0.3) is 0 Å². The maximum Gasteiger partial charge on any atom is 0.410 e. The molecule has 13 nitrogen and oxygen atoms in total. The molecule has 2 N–H and O–H groups in total. The molecule has 2 fully saturated rings. The number of non-ortho nitro benzene ring substituents is 1. The Morgan fingerprint density at radius 1 is 1.20 bits per heavy atom. The molecule has 0 radical (unpaired) electrons. The minimum absolute atomic E-state index is 0.0381. The van der Waals surface area contributed by atoms with Crippen LogP contribution in [0.4, 0.5) is 10.5 Å². The van der Waals surface area contributed by atoms with Crippen LogP contribution in [-0.4, -0.2) is 98.5 Å². The van der Waals surface area contributed by atoms with Crippen LogP contribution < -0.4 is 10.7 Å². The summed E-state index contributed by atoms with van der Waals surface area (Å²) in [6, 6.07) is 5.32. The maximum absolute atomic E-state index is 13.1. The molecule has 0 aliphatic carbocycles. The zero-order valence-electron chi connectivity index (χ0n) is 23.6. The molecule has 0 spiro atoms. The molecule has 1 aromatic rings. The average molecular weight is 612 g/mol. The lowest BCUT2D eigenvalue weighted by Gasteiger charge is -2.39. The number of nitrogens with one attached hydrogen (secondary N) is 2. The Hall–Kier alpha value is -2.88. The first-order chi connectivity index (χ1) is 19.4. The molecule has 2 aliphatic heterocycles. The molecule has 0 aromatic heterocycles. The van der Waals surface area contributed by atoms with Gasteiger partial charge in [-0.05, 0) is 38.0 Å². The highest BCUT2D eigenvalue weighted by Gasteiger charge is 2.38. The minimum atomic E-state index is -0.541. The number of nitro groups is 1. The van der Waals surface area contributed by atoms with Crippen LogP contribution in [0.15, 0.2) is 24.3 Å². The van der Waals surface area contributed by atoms with Crippen molar-refractivity contribution in [3.63, 3.8) is 0 Å². The lowest BCUT2D eigenvalue weighted by molar-refractivity contribution is -0.384. The highest BCUT2D eigenvalue weighted by Crippen LogP contribution is 2.31. The molecule has 2 aliphatic rings. The summed E-state index contributed by atoms with van der Waals surface area (Å²) in [5.74, 6) is -0.117. The molecule has 15 heteroatoms. The van der Waals surface area contributed by atoms with E-state index in [0.29, 0.717) is 43.9 Å². The number of hydrazine groups is 1. The van der Waals surface area contributed by atoms with Gasteiger partial charge in [-0.25, -0.2) is 9.80 Å². The van der Waals surface area contributed by atoms with Crippen LogP contribution in [0.3, 0.4) is 0 Å². The van der Waals surface area contributed by atoms with Gasteiger partial charge in [-0.15, -0.1) is 11.8 Å². The van der Waals surface area contributed by atoms with Crippen LogP contribution >= 0.6 is 23.5 Å². The van der Waals surface area contributed by atoms with Gasteiger partial charge in [0.15, 0.2) is 5.12 Å². The topological polar surface area (TPSA) is 160 Å². The second-order valence-electron chi connectivity index (χ2n) is 9.98. The summed E-state index contributed by atoms with van der Waals surface area (Å²) in [6.07, 6.45) is -0.373. The molecular formula is C26H37N5O8S2. The number of hydrogen-bond acceptors (Lipinski definition) is 12. The number of esters is 1. The monoisotopic (exact) mass is 611 g/mol. The third-order valence-electron chi connectivity index (χ3n) is 6.79. The van der Waals surface area contributed by atoms with Crippen molar-refractivity contribution in [3.8, 4) is 0 Å². The first kappa shape index (κ1) is 32.6. The molecule has 1 aromatic carbocycles. The molecule has 3 rings (SSSR count). The van der Waals surface area contributed by atoms with Gasteiger partial charge >= 0.3 is 12.1 Å². The van der Waals surface area contributed by atoms with Crippen molar-refractivity contribution < 1.29 is 33.6 Å². The van der Waals surface area contributed by atoms with Gasteiger partial charge in [0, 0.05) is 69.2 Å². The van der Waals surface area contributed by atoms with E-state index in [1.165, 1.54) is 61.6 Å². The summed E-state index contributed by atoms with van der Waals surface area (Å²) in [7, 11) is 0. The third kappa shape index (κ3) is 9.87. The van der Waals surface area contributed by atoms with Gasteiger partial charge in [0.25, 0.3) is 5.69 Å². The first-order valence-corrected chi connectivity index (χ1v) is 15.3. The molecule has 226 valence electrons. The lowest BCUT2D eigenvalue weighted by Crippen LogP contribution is -2.62. The van der Waals surface area contributed by atoms with Crippen molar-refractivity contribution in [1.29, 1.82) is 0 Å². The SMILES string of the molecule is CC(=O)OC(C)C1CNCCN1NC(=O)C(C)SC[C@@H]1C[C@H](SC(C)=O)CN1C(=O)OCc1ccc([N+](=O)[O-])cc1. The quantitative estimate of drug-likeness (QED) is 0.214. The van der Waals surface area contributed by atoms with E-state index < -0.39 is 22.4 Å². The summed E-state index contributed by atoms with van der Waals surface area (Å²) < 4.78 is 10.8. The molecule has 41 heavy (non-hydrogen) atoms. The van der Waals surface area contributed by atoms with Crippen LogP contribution in [-0.2, 0) is 30.5 Å². The number of likely N-dealkylation sites (tertiary alicyclic amines) is 1. The number of nitrogens with zero attached hydrogens (tertiary/aromatic N) is 3. The molecule has 0 saturated carbocycles. The number of rotatable bonds is 11. The second-order valence-corrected chi connectivity index (χ2v) is 12.8. The fraction of sp³-hybridized carbons (Fsp3) is 0.615. The van der Waals surface area contributed by atoms with Gasteiger partial charge in [0.1, 0.15) is 12.7 Å². The smallest absolute Gasteiger partial charge is 0.410 e. The van der Waals surface area contributed by atoms with Crippen molar-refractivity contribution >= 4 is 52.3 Å². The predicted octanol–water partition coefficient (Wildman–Crippen LogP) is 2.33. The number of carbonyl (C=O) groups excluding carboxylic acids is 4. The molecule has 0 bridgehead atoms. The van der Waals surface area contributed by atoms with E-state index in [1.54, 1.807) is 23.8 Å². The number of carbonyl (C=O) groups is 4. The Morgan fingerprint density at radius 2 is 1.90 bits per heavy atom. The normalized spacial score (nSPS) is 22.4. The third-order valence-corrected chi connectivity index (χ3v) is 9.09. The van der Waals surface area contributed by atoms with E-state index in [1.807, 2.05) is 0 Å². The number of piperazine rings is 1. The molecular weight excluding hydrogens is 574 g/mol. The summed E-state index contributed by atoms with van der Waals surface area (Å²) >= 11 is 2.59. The van der Waals surface area contributed by atoms with Gasteiger partial charge in [0.2, 0.25) is 5.91 Å². The Balaban J connectivity index is 1.56. The van der Waals surface area contributed by atoms with E-state index in [4.69, 9.17) is 9.47 Å². The predicted molar refractivity (Wildman–Crippen MR) is 155 cm³/mol. The summed E-state index contributed by atoms with van der Waals surface area (Å²) in [5.41, 5.74) is 3.53. The van der Waals surface area contributed by atoms with Gasteiger partial charge in [-0.3, -0.25) is 29.9 Å². The molecule has 2 heterocycles. The number of hydrogen-bond donors (Lipinski definition) is 2. The van der Waals surface area contributed by atoms with Gasteiger partial charge in [-0.2, -0.15) is 0 Å². The fourth-order valence-electron chi connectivity index (χ4n) is 4.70. The van der Waals surface area contributed by atoms with Crippen molar-refractivity contribution in [3.05, 3.63) is 39.9 Å². The van der Waals surface area contributed by atoms with Crippen molar-refractivity contribution in [2.75, 3.05) is 31.9 Å². The zero-order valence-corrected chi connectivity index (χ0v) is 25.2. The number of ether oxygens (including phenoxy) is 2. The van der Waals surface area contributed by atoms with E-state index in [9.17, 15) is 29.3 Å². The van der Waals surface area contributed by atoms with Crippen molar-refractivity contribution in [2.24, 2.45) is 0 Å². The summed E-state index contributed by atoms with van der Waals surface area (Å²) in [6.45, 7) is 8.51. The largest absolute Gasteiger partial charge is 0.461 e. The number of thioether (sulfide) groups is 2. The van der Waals surface area contributed by atoms with Crippen molar-refractivity contribution in [2.45, 2.75) is 69.4 Å².